The lowest BCUT2D eigenvalue weighted by molar-refractivity contribution is -0.660. The number of furan rings is 1. The summed E-state index contributed by atoms with van der Waals surface area (Å²) in [7, 11) is -0.309. The molecular formula is C41H35N2OSi+. The fourth-order valence-electron chi connectivity index (χ4n) is 7.27. The minimum Gasteiger partial charge on any atom is -0.456 e. The fourth-order valence-corrected chi connectivity index (χ4v) is 12.4. The van der Waals surface area contributed by atoms with E-state index in [0.29, 0.717) is 11.2 Å². The molecule has 0 saturated heterocycles. The maximum Gasteiger partial charge on any atom is 0.216 e. The Hall–Kier alpha value is -5.24. The first-order valence-corrected chi connectivity index (χ1v) is 17.6. The molecule has 0 amide bonds. The highest BCUT2D eigenvalue weighted by Crippen LogP contribution is 2.44. The van der Waals surface area contributed by atoms with Crippen molar-refractivity contribution in [3.05, 3.63) is 151 Å². The van der Waals surface area contributed by atoms with E-state index in [1.54, 1.807) is 0 Å². The molecule has 7 rings (SSSR count). The fraction of sp³-hybridized carbons (Fsp3) is 0.122. The van der Waals surface area contributed by atoms with Crippen LogP contribution >= 0.6 is 0 Å². The van der Waals surface area contributed by atoms with Gasteiger partial charge < -0.3 is 4.42 Å². The summed E-state index contributed by atoms with van der Waals surface area (Å²) in [5, 5.41) is 6.24. The number of pyridine rings is 1. The molecule has 2 heterocycles. The third-order valence-electron chi connectivity index (χ3n) is 9.38. The Morgan fingerprint density at radius 2 is 1.20 bits per heavy atom. The minimum atomic E-state index is -2.37. The molecule has 0 bridgehead atoms. The lowest BCUT2D eigenvalue weighted by atomic mass is 9.98. The third kappa shape index (κ3) is 4.51. The van der Waals surface area contributed by atoms with Crippen molar-refractivity contribution in [2.45, 2.75) is 26.3 Å². The Kier molecular flexibility index (Phi) is 7.20. The molecule has 7 aromatic rings. The first-order chi connectivity index (χ1) is 21.9. The topological polar surface area (TPSA) is 21.4 Å². The van der Waals surface area contributed by atoms with Gasteiger partial charge in [0, 0.05) is 28.5 Å². The van der Waals surface area contributed by atoms with Crippen molar-refractivity contribution in [3.8, 4) is 22.4 Å². The van der Waals surface area contributed by atoms with Gasteiger partial charge in [-0.05, 0) is 45.2 Å². The molecule has 0 fully saturated rings. The molecule has 0 atom stereocenters. The molecule has 0 aliphatic carbocycles. The minimum absolute atomic E-state index is 0.423. The maximum absolute atomic E-state index is 8.09. The van der Waals surface area contributed by atoms with Crippen LogP contribution in [0.4, 0.5) is 5.69 Å². The lowest BCUT2D eigenvalue weighted by Gasteiger charge is -2.37. The molecule has 2 aromatic heterocycles. The van der Waals surface area contributed by atoms with Gasteiger partial charge in [-0.2, -0.15) is 0 Å². The van der Waals surface area contributed by atoms with Crippen LogP contribution < -0.4 is 20.1 Å². The van der Waals surface area contributed by atoms with Crippen LogP contribution in [0.3, 0.4) is 0 Å². The van der Waals surface area contributed by atoms with E-state index in [2.05, 4.69) is 153 Å². The smallest absolute Gasteiger partial charge is 0.216 e. The second kappa shape index (κ2) is 11.4. The zero-order valence-corrected chi connectivity index (χ0v) is 27.1. The Morgan fingerprint density at radius 3 is 1.78 bits per heavy atom. The molecule has 0 saturated carbocycles. The van der Waals surface area contributed by atoms with Crippen molar-refractivity contribution in [3.63, 3.8) is 0 Å². The molecule has 0 radical (unpaired) electrons. The van der Waals surface area contributed by atoms with E-state index in [9.17, 15) is 0 Å². The van der Waals surface area contributed by atoms with Crippen LogP contribution in [0.25, 0.3) is 49.2 Å². The summed E-state index contributed by atoms with van der Waals surface area (Å²) in [6.45, 7) is 14.9. The predicted octanol–water partition coefficient (Wildman–Crippen LogP) is 8.48. The molecule has 0 spiro atoms. The SMILES string of the molecule is [C-]#[N+]c1ccc2c(oc3c(-c4cccc[n+]4C)c(C)ccc32)c1-c1ccc([Si](c2ccccc2)(c2ccccc2)C(C)C)cc1. The molecule has 0 unspecified atom stereocenters. The van der Waals surface area contributed by atoms with E-state index in [1.165, 1.54) is 15.6 Å². The average Bonchev–Trinajstić information content (AvgIpc) is 3.45. The number of aromatic nitrogens is 1. The van der Waals surface area contributed by atoms with E-state index < -0.39 is 8.07 Å². The molecule has 0 N–H and O–H groups in total. The van der Waals surface area contributed by atoms with Gasteiger partial charge >= 0.3 is 0 Å². The van der Waals surface area contributed by atoms with Gasteiger partial charge in [0.25, 0.3) is 0 Å². The second-order valence-corrected chi connectivity index (χ2v) is 16.7. The normalized spacial score (nSPS) is 11.7. The summed E-state index contributed by atoms with van der Waals surface area (Å²) >= 11 is 0. The molecule has 0 aliphatic rings. The molecule has 218 valence electrons. The van der Waals surface area contributed by atoms with Gasteiger partial charge in [0.05, 0.1) is 12.1 Å². The van der Waals surface area contributed by atoms with Crippen LogP contribution in [-0.2, 0) is 7.05 Å². The van der Waals surface area contributed by atoms with Crippen LogP contribution in [0.2, 0.25) is 5.54 Å². The van der Waals surface area contributed by atoms with Crippen molar-refractivity contribution in [2.24, 2.45) is 7.05 Å². The first-order valence-electron chi connectivity index (χ1n) is 15.5. The number of nitrogens with zero attached hydrogens (tertiary/aromatic N) is 2. The van der Waals surface area contributed by atoms with Gasteiger partial charge in [-0.15, -0.1) is 0 Å². The van der Waals surface area contributed by atoms with E-state index in [4.69, 9.17) is 11.0 Å². The van der Waals surface area contributed by atoms with Crippen LogP contribution in [0.15, 0.2) is 138 Å². The first kappa shape index (κ1) is 28.5. The Morgan fingerprint density at radius 1 is 0.644 bits per heavy atom. The summed E-state index contributed by atoms with van der Waals surface area (Å²) in [6.07, 6.45) is 2.06. The van der Waals surface area contributed by atoms with Crippen LogP contribution in [0.1, 0.15) is 19.4 Å². The van der Waals surface area contributed by atoms with Crippen LogP contribution in [0.5, 0.6) is 0 Å². The molecule has 0 aliphatic heterocycles. The Labute approximate surface area is 265 Å². The predicted molar refractivity (Wildman–Crippen MR) is 189 cm³/mol. The number of aryl methyl sites for hydroxylation is 2. The lowest BCUT2D eigenvalue weighted by Crippen LogP contribution is -2.68. The van der Waals surface area contributed by atoms with Gasteiger partial charge in [-0.1, -0.05) is 123 Å². The van der Waals surface area contributed by atoms with E-state index >= 15 is 0 Å². The standard InChI is InChI=1S/C41H35N2OSi/c1-28(2)45(31-14-8-6-9-15-31,32-16-10-7-11-17-32)33-22-20-30(21-23-33)39-36(42-4)26-25-35-34-24-19-29(3)38(40(34)44-41(35)39)37-18-12-13-27-43(37)5/h6-28H,1-3,5H3/q+1. The summed E-state index contributed by atoms with van der Waals surface area (Å²) in [6, 6.07) is 45.5. The number of benzene rings is 5. The van der Waals surface area contributed by atoms with Crippen molar-refractivity contribution in [2.75, 3.05) is 0 Å². The van der Waals surface area contributed by atoms with Gasteiger partial charge in [0.15, 0.2) is 20.0 Å². The zero-order valence-electron chi connectivity index (χ0n) is 26.1. The van der Waals surface area contributed by atoms with Crippen LogP contribution in [-0.4, -0.2) is 8.07 Å². The molecule has 45 heavy (non-hydrogen) atoms. The summed E-state index contributed by atoms with van der Waals surface area (Å²) < 4.78 is 8.96. The molecule has 4 heteroatoms. The molecule has 3 nitrogen and oxygen atoms in total. The van der Waals surface area contributed by atoms with Crippen molar-refractivity contribution in [1.82, 2.24) is 0 Å². The van der Waals surface area contributed by atoms with Gasteiger partial charge in [-0.25, -0.2) is 9.41 Å². The highest BCUT2D eigenvalue weighted by atomic mass is 28.3. The second-order valence-electron chi connectivity index (χ2n) is 12.2. The van der Waals surface area contributed by atoms with E-state index in [0.717, 1.165) is 49.9 Å². The zero-order chi connectivity index (χ0) is 31.1. The Balaban J connectivity index is 1.46. The highest BCUT2D eigenvalue weighted by Gasteiger charge is 2.42. The monoisotopic (exact) mass is 599 g/mol. The molecule has 5 aromatic carbocycles. The van der Waals surface area contributed by atoms with E-state index in [1.807, 2.05) is 18.2 Å². The van der Waals surface area contributed by atoms with E-state index in [-0.39, 0.29) is 0 Å². The van der Waals surface area contributed by atoms with Crippen molar-refractivity contribution in [1.29, 1.82) is 0 Å². The largest absolute Gasteiger partial charge is 0.456 e. The number of rotatable bonds is 6. The summed E-state index contributed by atoms with van der Waals surface area (Å²) in [5.41, 5.74) is 7.79. The number of hydrogen-bond acceptors (Lipinski definition) is 1. The van der Waals surface area contributed by atoms with Crippen LogP contribution in [0, 0.1) is 13.5 Å². The Bertz CT molecular complexity index is 2170. The molecular weight excluding hydrogens is 565 g/mol. The maximum atomic E-state index is 8.09. The van der Waals surface area contributed by atoms with Gasteiger partial charge in [0.1, 0.15) is 18.2 Å². The van der Waals surface area contributed by atoms with Crippen molar-refractivity contribution >= 4 is 51.3 Å². The van der Waals surface area contributed by atoms with Crippen molar-refractivity contribution < 1.29 is 8.98 Å². The number of hydrogen-bond donors (Lipinski definition) is 0. The quantitative estimate of drug-likeness (QED) is 0.0813. The van der Waals surface area contributed by atoms with Gasteiger partial charge in [0.2, 0.25) is 5.69 Å². The summed E-state index contributed by atoms with van der Waals surface area (Å²) in [5.74, 6) is 0. The third-order valence-corrected chi connectivity index (χ3v) is 14.8. The number of fused-ring (bicyclic) bond motifs is 3. The highest BCUT2D eigenvalue weighted by molar-refractivity contribution is 7.12. The van der Waals surface area contributed by atoms with Gasteiger partial charge in [-0.3, -0.25) is 0 Å². The average molecular weight is 600 g/mol. The summed E-state index contributed by atoms with van der Waals surface area (Å²) in [4.78, 5) is 3.97.